The van der Waals surface area contributed by atoms with Gasteiger partial charge in [0.2, 0.25) is 0 Å². The number of aromatic nitrogens is 1. The van der Waals surface area contributed by atoms with Gasteiger partial charge in [-0.3, -0.25) is 14.5 Å². The van der Waals surface area contributed by atoms with Crippen molar-refractivity contribution in [3.63, 3.8) is 0 Å². The number of aliphatic hydroxyl groups is 1. The number of nitrogens with one attached hydrogen (secondary N) is 1. The Labute approximate surface area is 238 Å². The minimum absolute atomic E-state index is 0.0117. The van der Waals surface area contributed by atoms with E-state index in [4.69, 9.17) is 4.74 Å². The van der Waals surface area contributed by atoms with Crippen molar-refractivity contribution in [1.82, 2.24) is 10.3 Å². The van der Waals surface area contributed by atoms with E-state index in [-0.39, 0.29) is 22.9 Å². The molecular formula is C29H28F4N4O5. The van der Waals surface area contributed by atoms with Gasteiger partial charge in [-0.1, -0.05) is 6.07 Å². The smallest absolute Gasteiger partial charge is 0.387 e. The third kappa shape index (κ3) is 5.69. The first-order valence-electron chi connectivity index (χ1n) is 13.2. The number of alkyl halides is 2. The summed E-state index contributed by atoms with van der Waals surface area (Å²) in [5, 5.41) is 12.5. The summed E-state index contributed by atoms with van der Waals surface area (Å²) in [5.41, 5.74) is -0.401. The number of carbonyl (C=O) groups excluding carboxylic acids is 2. The summed E-state index contributed by atoms with van der Waals surface area (Å²) in [6.07, 6.45) is 0.0515. The number of rotatable bonds is 8. The predicted molar refractivity (Wildman–Crippen MR) is 144 cm³/mol. The molecular weight excluding hydrogens is 560 g/mol. The zero-order valence-electron chi connectivity index (χ0n) is 22.6. The number of amides is 2. The number of ether oxygens (including phenoxy) is 2. The fourth-order valence-electron chi connectivity index (χ4n) is 5.51. The van der Waals surface area contributed by atoms with Crippen molar-refractivity contribution >= 4 is 23.5 Å². The van der Waals surface area contributed by atoms with Crippen molar-refractivity contribution in [2.75, 3.05) is 30.0 Å². The van der Waals surface area contributed by atoms with Gasteiger partial charge in [-0.05, 0) is 49.7 Å². The van der Waals surface area contributed by atoms with Gasteiger partial charge in [0.25, 0.3) is 11.8 Å². The van der Waals surface area contributed by atoms with E-state index in [9.17, 15) is 23.5 Å². The van der Waals surface area contributed by atoms with Crippen molar-refractivity contribution in [2.24, 2.45) is 0 Å². The summed E-state index contributed by atoms with van der Waals surface area (Å²) >= 11 is 0. The third-order valence-corrected chi connectivity index (χ3v) is 7.49. The van der Waals surface area contributed by atoms with Gasteiger partial charge in [0.1, 0.15) is 40.8 Å². The minimum Gasteiger partial charge on any atom is -0.497 e. The number of halogens is 4. The first-order chi connectivity index (χ1) is 20.1. The molecule has 0 radical (unpaired) electrons. The minimum atomic E-state index is -3.05. The zero-order valence-corrected chi connectivity index (χ0v) is 22.6. The van der Waals surface area contributed by atoms with E-state index in [0.29, 0.717) is 25.3 Å². The number of anilines is 2. The molecule has 1 aromatic heterocycles. The monoisotopic (exact) mass is 588 g/mol. The van der Waals surface area contributed by atoms with Crippen LogP contribution in [0.2, 0.25) is 0 Å². The predicted octanol–water partition coefficient (Wildman–Crippen LogP) is 3.86. The van der Waals surface area contributed by atoms with Gasteiger partial charge in [-0.25, -0.2) is 13.8 Å². The van der Waals surface area contributed by atoms with Gasteiger partial charge in [0.15, 0.2) is 0 Å². The molecule has 4 atom stereocenters. The van der Waals surface area contributed by atoms with Gasteiger partial charge < -0.3 is 24.8 Å². The summed E-state index contributed by atoms with van der Waals surface area (Å²) < 4.78 is 65.1. The van der Waals surface area contributed by atoms with Crippen LogP contribution in [0.4, 0.5) is 29.2 Å². The van der Waals surface area contributed by atoms with Gasteiger partial charge in [0.05, 0.1) is 13.2 Å². The molecule has 2 aromatic carbocycles. The Hall–Kier alpha value is -4.39. The Morgan fingerprint density at radius 1 is 1.07 bits per heavy atom. The lowest BCUT2D eigenvalue weighted by Gasteiger charge is -2.26. The topological polar surface area (TPSA) is 104 Å². The van der Waals surface area contributed by atoms with Gasteiger partial charge in [-0.15, -0.1) is 0 Å². The maximum Gasteiger partial charge on any atom is 0.387 e. The Morgan fingerprint density at radius 3 is 2.33 bits per heavy atom. The van der Waals surface area contributed by atoms with Crippen LogP contribution in [-0.4, -0.2) is 66.9 Å². The fourth-order valence-corrected chi connectivity index (χ4v) is 5.51. The van der Waals surface area contributed by atoms with E-state index in [2.05, 4.69) is 15.0 Å². The average molecular weight is 589 g/mol. The molecule has 222 valence electrons. The van der Waals surface area contributed by atoms with Crippen molar-refractivity contribution in [3.05, 3.63) is 77.4 Å². The molecule has 42 heavy (non-hydrogen) atoms. The van der Waals surface area contributed by atoms with E-state index in [1.54, 1.807) is 25.1 Å². The van der Waals surface area contributed by atoms with E-state index < -0.39 is 59.7 Å². The Balaban J connectivity index is 1.51. The number of carbonyl (C=O) groups is 2. The third-order valence-electron chi connectivity index (χ3n) is 7.49. The number of β-amino-alcohol motifs (C(OH)–C–C–N with tert-alkyl or cyclic N) is 1. The lowest BCUT2D eigenvalue weighted by atomic mass is 9.87. The van der Waals surface area contributed by atoms with Gasteiger partial charge in [0, 0.05) is 48.3 Å². The number of aliphatic hydroxyl groups excluding tert-OH is 1. The molecule has 2 amide bonds. The summed E-state index contributed by atoms with van der Waals surface area (Å²) in [5.74, 6) is -4.04. The molecule has 2 N–H and O–H groups in total. The second-order valence-electron chi connectivity index (χ2n) is 10.1. The van der Waals surface area contributed by atoms with E-state index >= 15 is 8.78 Å². The highest BCUT2D eigenvalue weighted by Crippen LogP contribution is 2.41. The molecule has 0 spiro atoms. The molecule has 2 saturated heterocycles. The molecule has 0 unspecified atom stereocenters. The van der Waals surface area contributed by atoms with Crippen molar-refractivity contribution in [1.29, 1.82) is 0 Å². The number of pyridine rings is 1. The highest BCUT2D eigenvalue weighted by molar-refractivity contribution is 6.05. The van der Waals surface area contributed by atoms with E-state index in [1.807, 2.05) is 4.90 Å². The lowest BCUT2D eigenvalue weighted by Crippen LogP contribution is -2.44. The SMILES string of the molecule is COc1cc(F)c([C@H]2[C@H](NC(=O)c3ccc(OC(F)F)cc3)C(=O)N(c3cccc(N4CC[C@@H](O)C4)n3)[C@H]2C)c(F)c1. The normalized spacial score (nSPS) is 22.1. The van der Waals surface area contributed by atoms with Crippen molar-refractivity contribution in [2.45, 2.75) is 44.1 Å². The molecule has 0 saturated carbocycles. The Bertz CT molecular complexity index is 1450. The molecule has 5 rings (SSSR count). The average Bonchev–Trinajstić information content (AvgIpc) is 3.49. The molecule has 3 heterocycles. The van der Waals surface area contributed by atoms with Crippen LogP contribution in [0.25, 0.3) is 0 Å². The number of methoxy groups -OCH3 is 1. The molecule has 2 aliphatic heterocycles. The van der Waals surface area contributed by atoms with Crippen LogP contribution in [0, 0.1) is 11.6 Å². The molecule has 0 aliphatic carbocycles. The zero-order chi connectivity index (χ0) is 30.1. The van der Waals surface area contributed by atoms with E-state index in [0.717, 1.165) is 24.3 Å². The standard InChI is InChI=1S/C29H28F4N4O5/c1-15-24(25-20(30)12-19(41-2)13-21(25)31)26(35-27(39)16-6-8-18(9-7-16)42-29(32)33)28(40)37(15)23-5-3-4-22(34-23)36-11-10-17(38)14-36/h3-9,12-13,15,17,24,26,29,38H,10-11,14H2,1-2H3,(H,35,39)/t15-,17+,24-,26-/m0/s1. The maximum atomic E-state index is 15.4. The Morgan fingerprint density at radius 2 is 1.74 bits per heavy atom. The summed E-state index contributed by atoms with van der Waals surface area (Å²) in [7, 11) is 1.26. The number of hydrogen-bond acceptors (Lipinski definition) is 7. The first-order valence-corrected chi connectivity index (χ1v) is 13.2. The molecule has 2 aliphatic rings. The van der Waals surface area contributed by atoms with Gasteiger partial charge in [-0.2, -0.15) is 8.78 Å². The van der Waals surface area contributed by atoms with Crippen LogP contribution in [0.3, 0.4) is 0 Å². The fraction of sp³-hybridized carbons (Fsp3) is 0.345. The highest BCUT2D eigenvalue weighted by Gasteiger charge is 2.50. The van der Waals surface area contributed by atoms with Crippen LogP contribution >= 0.6 is 0 Å². The molecule has 3 aromatic rings. The van der Waals surface area contributed by atoms with Crippen LogP contribution < -0.4 is 24.6 Å². The van der Waals surface area contributed by atoms with Crippen molar-refractivity contribution in [3.8, 4) is 11.5 Å². The van der Waals surface area contributed by atoms with E-state index in [1.165, 1.54) is 24.1 Å². The van der Waals surface area contributed by atoms with Crippen molar-refractivity contribution < 1.29 is 41.7 Å². The van der Waals surface area contributed by atoms with Gasteiger partial charge >= 0.3 is 6.61 Å². The lowest BCUT2D eigenvalue weighted by molar-refractivity contribution is -0.118. The quantitative estimate of drug-likeness (QED) is 0.386. The summed E-state index contributed by atoms with van der Waals surface area (Å²) in [6, 6.07) is 9.49. The number of hydrogen-bond donors (Lipinski definition) is 2. The number of benzene rings is 2. The largest absolute Gasteiger partial charge is 0.497 e. The second-order valence-corrected chi connectivity index (χ2v) is 10.1. The first kappa shape index (κ1) is 29.1. The summed E-state index contributed by atoms with van der Waals surface area (Å²) in [4.78, 5) is 34.9. The summed E-state index contributed by atoms with van der Waals surface area (Å²) in [6.45, 7) is -0.523. The molecule has 2 fully saturated rings. The highest BCUT2D eigenvalue weighted by atomic mass is 19.3. The van der Waals surface area contributed by atoms with Crippen LogP contribution in [0.1, 0.15) is 35.2 Å². The molecule has 9 nitrogen and oxygen atoms in total. The Kier molecular flexibility index (Phi) is 8.21. The molecule has 13 heteroatoms. The maximum absolute atomic E-state index is 15.4. The molecule has 0 bridgehead atoms. The van der Waals surface area contributed by atoms with Crippen LogP contribution in [0.15, 0.2) is 54.6 Å². The van der Waals surface area contributed by atoms with Crippen LogP contribution in [-0.2, 0) is 4.79 Å². The second kappa shape index (κ2) is 11.8. The number of nitrogens with zero attached hydrogens (tertiary/aromatic N) is 3. The van der Waals surface area contributed by atoms with Crippen LogP contribution in [0.5, 0.6) is 11.5 Å².